The first-order valence-corrected chi connectivity index (χ1v) is 7.32. The Hall–Kier alpha value is -1.46. The number of aromatic nitrogens is 2. The van der Waals surface area contributed by atoms with Gasteiger partial charge in [0.2, 0.25) is 11.0 Å². The summed E-state index contributed by atoms with van der Waals surface area (Å²) < 4.78 is 0. The third kappa shape index (κ3) is 2.77. The van der Waals surface area contributed by atoms with Crippen molar-refractivity contribution in [1.29, 1.82) is 0 Å². The number of nitrogens with one attached hydrogen (secondary N) is 1. The number of rotatable bonds is 3. The van der Waals surface area contributed by atoms with Crippen LogP contribution < -0.4 is 5.32 Å². The van der Waals surface area contributed by atoms with Crippen molar-refractivity contribution < 1.29 is 4.79 Å². The van der Waals surface area contributed by atoms with Crippen LogP contribution in [0.1, 0.15) is 19.3 Å². The maximum absolute atomic E-state index is 11.8. The van der Waals surface area contributed by atoms with Crippen LogP contribution in [0.5, 0.6) is 0 Å². The topological polar surface area (TPSA) is 54.9 Å². The highest BCUT2D eigenvalue weighted by atomic mass is 35.5. The fourth-order valence-corrected chi connectivity index (χ4v) is 2.82. The van der Waals surface area contributed by atoms with E-state index in [4.69, 9.17) is 11.6 Å². The average Bonchev–Trinajstić information content (AvgIpc) is 2.75. The highest BCUT2D eigenvalue weighted by molar-refractivity contribution is 7.18. The highest BCUT2D eigenvalue weighted by Gasteiger charge is 2.25. The van der Waals surface area contributed by atoms with Crippen molar-refractivity contribution in [2.45, 2.75) is 19.3 Å². The lowest BCUT2D eigenvalue weighted by Crippen LogP contribution is -2.27. The molecule has 0 bridgehead atoms. The number of carbonyl (C=O) groups excluding carboxylic acids is 1. The van der Waals surface area contributed by atoms with Gasteiger partial charge in [-0.2, -0.15) is 0 Å². The molecule has 1 aromatic carbocycles. The van der Waals surface area contributed by atoms with Gasteiger partial charge in [0, 0.05) is 16.5 Å². The summed E-state index contributed by atoms with van der Waals surface area (Å²) in [5.74, 6) is 0.207. The van der Waals surface area contributed by atoms with Crippen molar-refractivity contribution in [2.24, 2.45) is 5.92 Å². The summed E-state index contributed by atoms with van der Waals surface area (Å²) in [6.45, 7) is 0. The maximum atomic E-state index is 11.8. The molecule has 3 rings (SSSR count). The number of nitrogens with zero attached hydrogens (tertiary/aromatic N) is 2. The molecule has 1 fully saturated rings. The molecule has 0 spiro atoms. The standard InChI is InChI=1S/C13H12ClN3OS/c14-10-6-2-5-9(7-10)12-16-17-13(19-12)15-11(18)8-3-1-4-8/h2,5-8H,1,3-4H2,(H,15,17,18). The number of hydrogen-bond acceptors (Lipinski definition) is 4. The van der Waals surface area contributed by atoms with Gasteiger partial charge in [0.1, 0.15) is 5.01 Å². The second-order valence-electron chi connectivity index (χ2n) is 4.54. The third-order valence-corrected chi connectivity index (χ3v) is 4.33. The van der Waals surface area contributed by atoms with E-state index in [1.165, 1.54) is 11.3 Å². The van der Waals surface area contributed by atoms with Gasteiger partial charge in [-0.25, -0.2) is 0 Å². The summed E-state index contributed by atoms with van der Waals surface area (Å²) in [6, 6.07) is 7.43. The predicted molar refractivity (Wildman–Crippen MR) is 76.3 cm³/mol. The van der Waals surface area contributed by atoms with Gasteiger partial charge in [0.15, 0.2) is 0 Å². The van der Waals surface area contributed by atoms with Crippen molar-refractivity contribution in [2.75, 3.05) is 5.32 Å². The summed E-state index contributed by atoms with van der Waals surface area (Å²) in [4.78, 5) is 11.8. The number of benzene rings is 1. The molecule has 0 atom stereocenters. The molecule has 0 saturated heterocycles. The van der Waals surface area contributed by atoms with Crippen LogP contribution in [0.15, 0.2) is 24.3 Å². The Labute approximate surface area is 119 Å². The molecule has 98 valence electrons. The Balaban J connectivity index is 1.74. The lowest BCUT2D eigenvalue weighted by molar-refractivity contribution is -0.122. The zero-order valence-electron chi connectivity index (χ0n) is 10.1. The molecular formula is C13H12ClN3OS. The van der Waals surface area contributed by atoms with E-state index in [1.807, 2.05) is 24.3 Å². The van der Waals surface area contributed by atoms with Crippen LogP contribution in [0, 0.1) is 5.92 Å². The average molecular weight is 294 g/mol. The second kappa shape index (κ2) is 5.27. The van der Waals surface area contributed by atoms with Crippen LogP contribution in [-0.4, -0.2) is 16.1 Å². The molecule has 6 heteroatoms. The minimum atomic E-state index is 0.0556. The summed E-state index contributed by atoms with van der Waals surface area (Å²) in [7, 11) is 0. The Morgan fingerprint density at radius 2 is 2.21 bits per heavy atom. The molecule has 1 amide bonds. The Morgan fingerprint density at radius 3 is 2.89 bits per heavy atom. The molecule has 0 aliphatic heterocycles. The summed E-state index contributed by atoms with van der Waals surface area (Å²) in [5.41, 5.74) is 0.911. The molecule has 4 nitrogen and oxygen atoms in total. The van der Waals surface area contributed by atoms with E-state index in [9.17, 15) is 4.79 Å². The zero-order chi connectivity index (χ0) is 13.2. The summed E-state index contributed by atoms with van der Waals surface area (Å²) in [6.07, 6.45) is 3.10. The minimum absolute atomic E-state index is 0.0556. The zero-order valence-corrected chi connectivity index (χ0v) is 11.7. The minimum Gasteiger partial charge on any atom is -0.300 e. The van der Waals surface area contributed by atoms with Gasteiger partial charge in [-0.3, -0.25) is 4.79 Å². The van der Waals surface area contributed by atoms with Crippen LogP contribution >= 0.6 is 22.9 Å². The molecule has 0 radical (unpaired) electrons. The molecule has 1 aliphatic rings. The van der Waals surface area contributed by atoms with E-state index in [1.54, 1.807) is 0 Å². The van der Waals surface area contributed by atoms with Crippen LogP contribution in [0.25, 0.3) is 10.6 Å². The molecule has 19 heavy (non-hydrogen) atoms. The first-order chi connectivity index (χ1) is 9.22. The highest BCUT2D eigenvalue weighted by Crippen LogP contribution is 2.30. The van der Waals surface area contributed by atoms with Gasteiger partial charge in [-0.05, 0) is 25.0 Å². The van der Waals surface area contributed by atoms with Gasteiger partial charge >= 0.3 is 0 Å². The lowest BCUT2D eigenvalue weighted by Gasteiger charge is -2.23. The van der Waals surface area contributed by atoms with Gasteiger partial charge in [-0.1, -0.05) is 41.5 Å². The van der Waals surface area contributed by atoms with E-state index < -0.39 is 0 Å². The number of carbonyl (C=O) groups is 1. The Morgan fingerprint density at radius 1 is 1.37 bits per heavy atom. The van der Waals surface area contributed by atoms with Gasteiger partial charge < -0.3 is 5.32 Å². The van der Waals surface area contributed by atoms with E-state index in [0.29, 0.717) is 10.2 Å². The molecule has 1 N–H and O–H groups in total. The van der Waals surface area contributed by atoms with Gasteiger partial charge in [0.25, 0.3) is 0 Å². The third-order valence-electron chi connectivity index (χ3n) is 3.20. The van der Waals surface area contributed by atoms with Crippen molar-refractivity contribution in [3.05, 3.63) is 29.3 Å². The van der Waals surface area contributed by atoms with E-state index in [0.717, 1.165) is 29.8 Å². The van der Waals surface area contributed by atoms with Gasteiger partial charge in [-0.15, -0.1) is 10.2 Å². The summed E-state index contributed by atoms with van der Waals surface area (Å²) in [5, 5.41) is 12.9. The van der Waals surface area contributed by atoms with Gasteiger partial charge in [0.05, 0.1) is 0 Å². The molecule has 1 aliphatic carbocycles. The molecule has 1 saturated carbocycles. The van der Waals surface area contributed by atoms with E-state index >= 15 is 0 Å². The fraction of sp³-hybridized carbons (Fsp3) is 0.308. The van der Waals surface area contributed by atoms with Crippen LogP contribution in [0.4, 0.5) is 5.13 Å². The SMILES string of the molecule is O=C(Nc1nnc(-c2cccc(Cl)c2)s1)C1CCC1. The first kappa shape index (κ1) is 12.6. The lowest BCUT2D eigenvalue weighted by atomic mass is 9.85. The monoisotopic (exact) mass is 293 g/mol. The smallest absolute Gasteiger partial charge is 0.229 e. The number of hydrogen-bond donors (Lipinski definition) is 1. The van der Waals surface area contributed by atoms with Crippen molar-refractivity contribution in [1.82, 2.24) is 10.2 Å². The van der Waals surface area contributed by atoms with Crippen molar-refractivity contribution >= 4 is 34.0 Å². The molecule has 2 aromatic rings. The van der Waals surface area contributed by atoms with E-state index in [2.05, 4.69) is 15.5 Å². The fourth-order valence-electron chi connectivity index (χ4n) is 1.89. The first-order valence-electron chi connectivity index (χ1n) is 6.13. The number of halogens is 1. The number of anilines is 1. The largest absolute Gasteiger partial charge is 0.300 e. The molecule has 1 aromatic heterocycles. The molecule has 0 unspecified atom stereocenters. The molecule has 1 heterocycles. The molecular weight excluding hydrogens is 282 g/mol. The van der Waals surface area contributed by atoms with Crippen molar-refractivity contribution in [3.63, 3.8) is 0 Å². The normalized spacial score (nSPS) is 15.0. The quantitative estimate of drug-likeness (QED) is 0.941. The summed E-state index contributed by atoms with van der Waals surface area (Å²) >= 11 is 7.30. The Kier molecular flexibility index (Phi) is 3.48. The van der Waals surface area contributed by atoms with Crippen molar-refractivity contribution in [3.8, 4) is 10.6 Å². The second-order valence-corrected chi connectivity index (χ2v) is 5.95. The van der Waals surface area contributed by atoms with Crippen LogP contribution in [-0.2, 0) is 4.79 Å². The number of amides is 1. The van der Waals surface area contributed by atoms with E-state index in [-0.39, 0.29) is 11.8 Å². The van der Waals surface area contributed by atoms with Crippen LogP contribution in [0.3, 0.4) is 0 Å². The predicted octanol–water partition coefficient (Wildman–Crippen LogP) is 3.60. The Bertz CT molecular complexity index is 609. The van der Waals surface area contributed by atoms with Crippen LogP contribution in [0.2, 0.25) is 5.02 Å². The maximum Gasteiger partial charge on any atom is 0.229 e.